The van der Waals surface area contributed by atoms with Crippen molar-refractivity contribution in [1.82, 2.24) is 15.1 Å². The van der Waals surface area contributed by atoms with Crippen LogP contribution in [0.25, 0.3) is 4.85 Å². The molecule has 0 saturated heterocycles. The van der Waals surface area contributed by atoms with Gasteiger partial charge in [-0.15, -0.1) is 0 Å². The lowest BCUT2D eigenvalue weighted by molar-refractivity contribution is -0.137. The number of pyridine rings is 1. The second-order valence-corrected chi connectivity index (χ2v) is 8.00. The van der Waals surface area contributed by atoms with Crippen molar-refractivity contribution < 1.29 is 14.4 Å². The van der Waals surface area contributed by atoms with Gasteiger partial charge in [0.1, 0.15) is 5.82 Å². The zero-order chi connectivity index (χ0) is 22.3. The molecule has 0 spiro atoms. The molecule has 1 unspecified atom stereocenters. The molecule has 3 heterocycles. The molecule has 8 heteroatoms. The number of carboxylic acids is 1. The Balaban J connectivity index is 1.35. The van der Waals surface area contributed by atoms with E-state index in [1.807, 2.05) is 6.07 Å². The maximum Gasteiger partial charge on any atom is 0.303 e. The van der Waals surface area contributed by atoms with E-state index in [0.29, 0.717) is 30.2 Å². The molecule has 2 N–H and O–H groups in total. The summed E-state index contributed by atoms with van der Waals surface area (Å²) in [5, 5.41) is 16.7. The second-order valence-electron chi connectivity index (χ2n) is 8.00. The first-order valence-corrected chi connectivity index (χ1v) is 10.8. The van der Waals surface area contributed by atoms with Gasteiger partial charge in [-0.3, -0.25) is 4.79 Å². The maximum absolute atomic E-state index is 11.4. The molecule has 0 fully saturated rings. The monoisotopic (exact) mass is 431 g/mol. The van der Waals surface area contributed by atoms with Crippen molar-refractivity contribution in [2.24, 2.45) is 0 Å². The zero-order valence-electron chi connectivity index (χ0n) is 17.8. The molecule has 164 valence electrons. The van der Waals surface area contributed by atoms with Crippen molar-refractivity contribution in [3.8, 4) is 0 Å². The SMILES string of the molecule is [C-]#[N+]c1cccc(C(CC(=O)O)Cc2nc(CCCc3ccc4c(n3)NCCC4)no2)c1. The highest BCUT2D eigenvalue weighted by molar-refractivity contribution is 5.68. The van der Waals surface area contributed by atoms with Crippen LogP contribution in [0.4, 0.5) is 11.5 Å². The van der Waals surface area contributed by atoms with Gasteiger partial charge in [0.2, 0.25) is 5.89 Å². The van der Waals surface area contributed by atoms with Gasteiger partial charge in [0.15, 0.2) is 11.5 Å². The highest BCUT2D eigenvalue weighted by Gasteiger charge is 2.20. The minimum absolute atomic E-state index is 0.0722. The number of aliphatic carboxylic acids is 1. The summed E-state index contributed by atoms with van der Waals surface area (Å²) in [6, 6.07) is 11.3. The van der Waals surface area contributed by atoms with Crippen LogP contribution in [0.5, 0.6) is 0 Å². The van der Waals surface area contributed by atoms with Gasteiger partial charge in [0, 0.05) is 31.0 Å². The molecule has 8 nitrogen and oxygen atoms in total. The van der Waals surface area contributed by atoms with Crippen LogP contribution in [0.3, 0.4) is 0 Å². The van der Waals surface area contributed by atoms with Crippen LogP contribution in [-0.4, -0.2) is 32.7 Å². The van der Waals surface area contributed by atoms with E-state index >= 15 is 0 Å². The number of aryl methyl sites for hydroxylation is 3. The summed E-state index contributed by atoms with van der Waals surface area (Å²) >= 11 is 0. The third kappa shape index (κ3) is 5.49. The van der Waals surface area contributed by atoms with Gasteiger partial charge in [0.25, 0.3) is 0 Å². The number of carbonyl (C=O) groups is 1. The summed E-state index contributed by atoms with van der Waals surface area (Å²) in [5.74, 6) is 0.780. The van der Waals surface area contributed by atoms with Crippen LogP contribution in [0.15, 0.2) is 40.9 Å². The fraction of sp³-hybridized carbons (Fsp3) is 0.375. The molecule has 0 saturated carbocycles. The first-order chi connectivity index (χ1) is 15.6. The maximum atomic E-state index is 11.4. The Morgan fingerprint density at radius 1 is 1.25 bits per heavy atom. The quantitative estimate of drug-likeness (QED) is 0.485. The number of anilines is 1. The minimum Gasteiger partial charge on any atom is -0.481 e. The smallest absolute Gasteiger partial charge is 0.303 e. The Morgan fingerprint density at radius 3 is 3.00 bits per heavy atom. The van der Waals surface area contributed by atoms with Gasteiger partial charge in [0.05, 0.1) is 13.0 Å². The van der Waals surface area contributed by atoms with Gasteiger partial charge in [-0.05, 0) is 37.3 Å². The summed E-state index contributed by atoms with van der Waals surface area (Å²) < 4.78 is 5.39. The van der Waals surface area contributed by atoms with Crippen molar-refractivity contribution in [2.75, 3.05) is 11.9 Å². The molecular formula is C24H25N5O3. The number of aromatic nitrogens is 3. The number of hydrogen-bond acceptors (Lipinski definition) is 6. The Bertz CT molecular complexity index is 1130. The van der Waals surface area contributed by atoms with E-state index in [2.05, 4.69) is 32.4 Å². The number of nitrogens with zero attached hydrogens (tertiary/aromatic N) is 4. The van der Waals surface area contributed by atoms with Crippen LogP contribution in [0.1, 0.15) is 53.7 Å². The average Bonchev–Trinajstić information content (AvgIpc) is 3.25. The molecule has 2 aromatic heterocycles. The standard InChI is InChI=1S/C24H25N5O3/c1-25-20-8-2-5-17(13-20)18(15-23(30)31)14-22-28-21(29-32-22)9-3-7-19-11-10-16-6-4-12-26-24(16)27-19/h2,5,8,10-11,13,18H,3-4,6-7,9,12,14-15H2,(H,26,27)(H,30,31). The lowest BCUT2D eigenvalue weighted by Crippen LogP contribution is -2.14. The van der Waals surface area contributed by atoms with Crippen molar-refractivity contribution in [3.63, 3.8) is 0 Å². The Labute approximate surface area is 186 Å². The Kier molecular flexibility index (Phi) is 6.75. The molecule has 4 rings (SSSR count). The molecule has 0 aliphatic carbocycles. The molecule has 1 aliphatic rings. The third-order valence-electron chi connectivity index (χ3n) is 5.61. The van der Waals surface area contributed by atoms with Crippen molar-refractivity contribution in [3.05, 3.63) is 76.4 Å². The van der Waals surface area contributed by atoms with Crippen LogP contribution < -0.4 is 5.32 Å². The summed E-state index contributed by atoms with van der Waals surface area (Å²) in [7, 11) is 0. The number of carboxylic acid groups (broad SMARTS) is 1. The first-order valence-electron chi connectivity index (χ1n) is 10.8. The van der Waals surface area contributed by atoms with E-state index in [4.69, 9.17) is 16.1 Å². The molecule has 0 radical (unpaired) electrons. The summed E-state index contributed by atoms with van der Waals surface area (Å²) in [6.07, 6.45) is 4.79. The van der Waals surface area contributed by atoms with Crippen LogP contribution in [-0.2, 0) is 30.5 Å². The number of rotatable bonds is 9. The van der Waals surface area contributed by atoms with Gasteiger partial charge in [-0.2, -0.15) is 4.98 Å². The molecule has 0 bridgehead atoms. The van der Waals surface area contributed by atoms with Gasteiger partial charge >= 0.3 is 5.97 Å². The van der Waals surface area contributed by atoms with E-state index in [9.17, 15) is 9.90 Å². The Hall–Kier alpha value is -3.73. The molecule has 1 atom stereocenters. The summed E-state index contributed by atoms with van der Waals surface area (Å²) in [6.45, 7) is 8.15. The van der Waals surface area contributed by atoms with Crippen molar-refractivity contribution in [2.45, 2.75) is 50.9 Å². The van der Waals surface area contributed by atoms with Crippen LogP contribution in [0.2, 0.25) is 0 Å². The molecule has 1 aliphatic heterocycles. The van der Waals surface area contributed by atoms with E-state index in [1.54, 1.807) is 18.2 Å². The van der Waals surface area contributed by atoms with E-state index in [0.717, 1.165) is 49.3 Å². The fourth-order valence-corrected chi connectivity index (χ4v) is 3.99. The van der Waals surface area contributed by atoms with Crippen LogP contribution >= 0.6 is 0 Å². The largest absolute Gasteiger partial charge is 0.481 e. The zero-order valence-corrected chi connectivity index (χ0v) is 17.8. The molecule has 0 amide bonds. The first kappa shape index (κ1) is 21.5. The number of nitrogens with one attached hydrogen (secondary N) is 1. The average molecular weight is 431 g/mol. The van der Waals surface area contributed by atoms with Crippen molar-refractivity contribution >= 4 is 17.5 Å². The second kappa shape index (κ2) is 10.1. The number of hydrogen-bond donors (Lipinski definition) is 2. The topological polar surface area (TPSA) is 106 Å². The molecular weight excluding hydrogens is 406 g/mol. The molecule has 3 aromatic rings. The number of benzene rings is 1. The highest BCUT2D eigenvalue weighted by atomic mass is 16.5. The fourth-order valence-electron chi connectivity index (χ4n) is 3.99. The summed E-state index contributed by atoms with van der Waals surface area (Å²) in [4.78, 5) is 24.0. The predicted molar refractivity (Wildman–Crippen MR) is 119 cm³/mol. The molecule has 32 heavy (non-hydrogen) atoms. The third-order valence-corrected chi connectivity index (χ3v) is 5.61. The van der Waals surface area contributed by atoms with Crippen LogP contribution in [0, 0.1) is 6.57 Å². The lowest BCUT2D eigenvalue weighted by atomic mass is 9.92. The van der Waals surface area contributed by atoms with Gasteiger partial charge in [-0.1, -0.05) is 41.1 Å². The minimum atomic E-state index is -0.907. The summed E-state index contributed by atoms with van der Waals surface area (Å²) in [5.41, 5.74) is 3.59. The molecule has 1 aromatic carbocycles. The predicted octanol–water partition coefficient (Wildman–Crippen LogP) is 4.35. The lowest BCUT2D eigenvalue weighted by Gasteiger charge is -2.17. The van der Waals surface area contributed by atoms with E-state index in [1.165, 1.54) is 5.56 Å². The van der Waals surface area contributed by atoms with E-state index < -0.39 is 5.97 Å². The normalized spacial score (nSPS) is 13.6. The van der Waals surface area contributed by atoms with Gasteiger partial charge in [-0.25, -0.2) is 9.83 Å². The van der Waals surface area contributed by atoms with Crippen molar-refractivity contribution in [1.29, 1.82) is 0 Å². The number of fused-ring (bicyclic) bond motifs is 1. The Morgan fingerprint density at radius 2 is 2.16 bits per heavy atom. The van der Waals surface area contributed by atoms with Gasteiger partial charge < -0.3 is 14.9 Å². The highest BCUT2D eigenvalue weighted by Crippen LogP contribution is 2.27. The van der Waals surface area contributed by atoms with E-state index in [-0.39, 0.29) is 12.3 Å².